The van der Waals surface area contributed by atoms with Crippen molar-refractivity contribution >= 4 is 11.8 Å². The van der Waals surface area contributed by atoms with Crippen LogP contribution in [0.4, 0.5) is 4.39 Å². The van der Waals surface area contributed by atoms with E-state index in [0.717, 1.165) is 0 Å². The summed E-state index contributed by atoms with van der Waals surface area (Å²) in [4.78, 5) is 22.5. The molecular weight excluding hydrogens is 223 g/mol. The number of carbonyl (C=O) groups excluding carboxylic acids is 1. The van der Waals surface area contributed by atoms with Crippen molar-refractivity contribution in [2.75, 3.05) is 0 Å². The van der Waals surface area contributed by atoms with E-state index in [1.807, 2.05) is 0 Å². The lowest BCUT2D eigenvalue weighted by atomic mass is 9.75. The minimum atomic E-state index is -0.910. The van der Waals surface area contributed by atoms with Crippen LogP contribution in [0.1, 0.15) is 30.7 Å². The van der Waals surface area contributed by atoms with Gasteiger partial charge in [0.15, 0.2) is 0 Å². The summed E-state index contributed by atoms with van der Waals surface area (Å²) < 4.78 is 13.1. The number of benzene rings is 1. The molecule has 1 fully saturated rings. The van der Waals surface area contributed by atoms with Crippen LogP contribution in [0.2, 0.25) is 0 Å². The highest BCUT2D eigenvalue weighted by Gasteiger charge is 2.35. The van der Waals surface area contributed by atoms with Gasteiger partial charge in [-0.3, -0.25) is 9.59 Å². The number of Topliss-reactive ketones (excluding diaryl/α,β-unsaturated/α-hetero) is 1. The van der Waals surface area contributed by atoms with Gasteiger partial charge < -0.3 is 5.11 Å². The lowest BCUT2D eigenvalue weighted by Crippen LogP contribution is -2.29. The van der Waals surface area contributed by atoms with E-state index in [1.165, 1.54) is 12.1 Å². The number of ketones is 1. The van der Waals surface area contributed by atoms with Crippen LogP contribution >= 0.6 is 0 Å². The Labute approximate surface area is 98.3 Å². The van der Waals surface area contributed by atoms with Crippen molar-refractivity contribution in [1.82, 2.24) is 0 Å². The van der Waals surface area contributed by atoms with Crippen molar-refractivity contribution in [3.63, 3.8) is 0 Å². The minimum Gasteiger partial charge on any atom is -0.481 e. The number of hydrogen-bond donors (Lipinski definition) is 1. The maximum Gasteiger partial charge on any atom is 0.307 e. The summed E-state index contributed by atoms with van der Waals surface area (Å²) in [6, 6.07) is 5.86. The molecule has 0 spiro atoms. The molecule has 1 aromatic rings. The fraction of sp³-hybridized carbons (Fsp3) is 0.385. The number of aliphatic carboxylic acids is 1. The third kappa shape index (κ3) is 2.52. The SMILES string of the molecule is O=C1CCC(C(=O)O)C(c2cccc(F)c2)C1. The van der Waals surface area contributed by atoms with E-state index < -0.39 is 23.6 Å². The third-order valence-electron chi connectivity index (χ3n) is 3.26. The number of rotatable bonds is 2. The smallest absolute Gasteiger partial charge is 0.307 e. The Bertz CT molecular complexity index is 456. The second kappa shape index (κ2) is 4.65. The molecule has 2 atom stereocenters. The lowest BCUT2D eigenvalue weighted by Gasteiger charge is -2.28. The zero-order chi connectivity index (χ0) is 12.4. The lowest BCUT2D eigenvalue weighted by molar-refractivity contribution is -0.144. The number of carbonyl (C=O) groups is 2. The summed E-state index contributed by atoms with van der Waals surface area (Å²) in [6.07, 6.45) is 0.846. The molecule has 0 aromatic heterocycles. The fourth-order valence-corrected chi connectivity index (χ4v) is 2.39. The largest absolute Gasteiger partial charge is 0.481 e. The molecule has 4 heteroatoms. The third-order valence-corrected chi connectivity index (χ3v) is 3.26. The molecule has 90 valence electrons. The molecular formula is C13H13FO3. The van der Waals surface area contributed by atoms with Crippen LogP contribution in [-0.4, -0.2) is 16.9 Å². The van der Waals surface area contributed by atoms with Crippen LogP contribution in [0.5, 0.6) is 0 Å². The van der Waals surface area contributed by atoms with Crippen LogP contribution in [0.15, 0.2) is 24.3 Å². The van der Waals surface area contributed by atoms with Crippen molar-refractivity contribution in [3.05, 3.63) is 35.6 Å². The van der Waals surface area contributed by atoms with E-state index in [1.54, 1.807) is 12.1 Å². The van der Waals surface area contributed by atoms with Gasteiger partial charge in [-0.05, 0) is 24.1 Å². The second-order valence-electron chi connectivity index (χ2n) is 4.39. The molecule has 2 rings (SSSR count). The Hall–Kier alpha value is -1.71. The molecule has 2 unspecified atom stereocenters. The Kier molecular flexibility index (Phi) is 3.22. The Morgan fingerprint density at radius 1 is 1.41 bits per heavy atom. The second-order valence-corrected chi connectivity index (χ2v) is 4.39. The first kappa shape index (κ1) is 11.8. The molecule has 0 amide bonds. The van der Waals surface area contributed by atoms with Crippen LogP contribution in [0.3, 0.4) is 0 Å². The highest BCUT2D eigenvalue weighted by atomic mass is 19.1. The standard InChI is InChI=1S/C13H13FO3/c14-9-3-1-2-8(6-9)12-7-10(15)4-5-11(12)13(16)17/h1-3,6,11-12H,4-5,7H2,(H,16,17). The molecule has 1 aliphatic carbocycles. The first-order valence-corrected chi connectivity index (χ1v) is 5.58. The molecule has 0 aliphatic heterocycles. The number of carboxylic acid groups (broad SMARTS) is 1. The van der Waals surface area contributed by atoms with Crippen molar-refractivity contribution in [3.8, 4) is 0 Å². The first-order chi connectivity index (χ1) is 8.08. The molecule has 0 heterocycles. The van der Waals surface area contributed by atoms with Gasteiger partial charge in [-0.15, -0.1) is 0 Å². The number of hydrogen-bond acceptors (Lipinski definition) is 2. The van der Waals surface area contributed by atoms with Crippen LogP contribution in [0, 0.1) is 11.7 Å². The van der Waals surface area contributed by atoms with Gasteiger partial charge in [-0.1, -0.05) is 12.1 Å². The number of halogens is 1. The van der Waals surface area contributed by atoms with Gasteiger partial charge in [0.2, 0.25) is 0 Å². The van der Waals surface area contributed by atoms with Gasteiger partial charge in [0.25, 0.3) is 0 Å². The highest BCUT2D eigenvalue weighted by Crippen LogP contribution is 2.36. The van der Waals surface area contributed by atoms with Gasteiger partial charge in [-0.2, -0.15) is 0 Å². The fourth-order valence-electron chi connectivity index (χ4n) is 2.39. The zero-order valence-electron chi connectivity index (χ0n) is 9.23. The van der Waals surface area contributed by atoms with Gasteiger partial charge in [0.05, 0.1) is 5.92 Å². The number of carboxylic acids is 1. The topological polar surface area (TPSA) is 54.4 Å². The monoisotopic (exact) mass is 236 g/mol. The predicted molar refractivity (Wildman–Crippen MR) is 59.1 cm³/mol. The normalized spacial score (nSPS) is 24.6. The summed E-state index contributed by atoms with van der Waals surface area (Å²) >= 11 is 0. The van der Waals surface area contributed by atoms with Gasteiger partial charge in [0, 0.05) is 18.8 Å². The van der Waals surface area contributed by atoms with Crippen LogP contribution in [-0.2, 0) is 9.59 Å². The predicted octanol–water partition coefficient (Wildman–Crippen LogP) is 2.36. The Morgan fingerprint density at radius 2 is 2.18 bits per heavy atom. The summed E-state index contributed by atoms with van der Waals surface area (Å²) in [7, 11) is 0. The van der Waals surface area contributed by atoms with Gasteiger partial charge in [0.1, 0.15) is 11.6 Å². The Balaban J connectivity index is 2.32. The molecule has 1 saturated carbocycles. The molecule has 17 heavy (non-hydrogen) atoms. The van der Waals surface area contributed by atoms with Crippen molar-refractivity contribution in [1.29, 1.82) is 0 Å². The summed E-state index contributed by atoms with van der Waals surface area (Å²) in [5.41, 5.74) is 0.602. The molecule has 3 nitrogen and oxygen atoms in total. The molecule has 0 bridgehead atoms. The summed E-state index contributed by atoms with van der Waals surface area (Å²) in [6.45, 7) is 0. The van der Waals surface area contributed by atoms with Gasteiger partial charge >= 0.3 is 5.97 Å². The van der Waals surface area contributed by atoms with Crippen LogP contribution < -0.4 is 0 Å². The van der Waals surface area contributed by atoms with E-state index in [9.17, 15) is 14.0 Å². The average molecular weight is 236 g/mol. The van der Waals surface area contributed by atoms with Crippen molar-refractivity contribution in [2.45, 2.75) is 25.2 Å². The summed E-state index contributed by atoms with van der Waals surface area (Å²) in [5, 5.41) is 9.12. The molecule has 0 saturated heterocycles. The first-order valence-electron chi connectivity index (χ1n) is 5.58. The zero-order valence-corrected chi connectivity index (χ0v) is 9.23. The van der Waals surface area contributed by atoms with Crippen molar-refractivity contribution in [2.24, 2.45) is 5.92 Å². The Morgan fingerprint density at radius 3 is 2.82 bits per heavy atom. The minimum absolute atomic E-state index is 0.0526. The maximum absolute atomic E-state index is 13.1. The van der Waals surface area contributed by atoms with E-state index >= 15 is 0 Å². The average Bonchev–Trinajstić information content (AvgIpc) is 2.28. The molecule has 1 N–H and O–H groups in total. The van der Waals surface area contributed by atoms with E-state index in [4.69, 9.17) is 5.11 Å². The van der Waals surface area contributed by atoms with Crippen LogP contribution in [0.25, 0.3) is 0 Å². The van der Waals surface area contributed by atoms with Gasteiger partial charge in [-0.25, -0.2) is 4.39 Å². The van der Waals surface area contributed by atoms with E-state index in [0.29, 0.717) is 18.4 Å². The molecule has 0 radical (unpaired) electrons. The molecule has 1 aliphatic rings. The maximum atomic E-state index is 13.1. The van der Waals surface area contributed by atoms with E-state index in [2.05, 4.69) is 0 Å². The molecule has 1 aromatic carbocycles. The van der Waals surface area contributed by atoms with E-state index in [-0.39, 0.29) is 12.2 Å². The highest BCUT2D eigenvalue weighted by molar-refractivity contribution is 5.83. The quantitative estimate of drug-likeness (QED) is 0.857. The van der Waals surface area contributed by atoms with Crippen molar-refractivity contribution < 1.29 is 19.1 Å². The summed E-state index contributed by atoms with van der Waals surface area (Å²) in [5.74, 6) is -2.24.